The van der Waals surface area contributed by atoms with Crippen LogP contribution in [0.15, 0.2) is 18.2 Å². The first-order chi connectivity index (χ1) is 10.1. The van der Waals surface area contributed by atoms with Crippen LogP contribution in [0.1, 0.15) is 44.2 Å². The number of benzene rings is 1. The van der Waals surface area contributed by atoms with E-state index in [-0.39, 0.29) is 12.0 Å². The maximum absolute atomic E-state index is 11.9. The van der Waals surface area contributed by atoms with E-state index < -0.39 is 0 Å². The third kappa shape index (κ3) is 4.60. The van der Waals surface area contributed by atoms with Crippen LogP contribution in [0.25, 0.3) is 0 Å². The largest absolute Gasteiger partial charge is 0.466 e. The van der Waals surface area contributed by atoms with Crippen molar-refractivity contribution >= 4 is 29.2 Å². The Labute approximate surface area is 136 Å². The lowest BCUT2D eigenvalue weighted by molar-refractivity contribution is -0.144. The number of carbonyl (C=O) groups is 1. The summed E-state index contributed by atoms with van der Waals surface area (Å²) in [6, 6.07) is 5.37. The lowest BCUT2D eigenvalue weighted by Gasteiger charge is -2.34. The fourth-order valence-corrected chi connectivity index (χ4v) is 3.24. The summed E-state index contributed by atoms with van der Waals surface area (Å²) in [5.41, 5.74) is 0.916. The van der Waals surface area contributed by atoms with Crippen LogP contribution in [-0.2, 0) is 9.53 Å². The third-order valence-corrected chi connectivity index (χ3v) is 4.39. The molecule has 0 radical (unpaired) electrons. The molecule has 1 aromatic carbocycles. The summed E-state index contributed by atoms with van der Waals surface area (Å²) in [7, 11) is 0. The maximum atomic E-state index is 11.9. The molecule has 0 amide bonds. The third-order valence-electron chi connectivity index (χ3n) is 3.81. The number of hydrogen-bond acceptors (Lipinski definition) is 3. The minimum absolute atomic E-state index is 0.0597. The molecule has 21 heavy (non-hydrogen) atoms. The lowest BCUT2D eigenvalue weighted by atomic mass is 9.99. The maximum Gasteiger partial charge on any atom is 0.307 e. The van der Waals surface area contributed by atoms with Crippen LogP contribution in [0.4, 0.5) is 0 Å². The van der Waals surface area contributed by atoms with E-state index >= 15 is 0 Å². The van der Waals surface area contributed by atoms with E-state index in [1.165, 1.54) is 6.42 Å². The molecule has 1 aliphatic heterocycles. The van der Waals surface area contributed by atoms with Crippen molar-refractivity contribution in [2.45, 2.75) is 38.6 Å². The normalized spacial score (nSPS) is 17.5. The molecule has 0 aliphatic carbocycles. The molecule has 1 unspecified atom stereocenters. The summed E-state index contributed by atoms with van der Waals surface area (Å²) < 4.78 is 5.11. The SMILES string of the molecule is CCOC(=O)CC(c1cc(Cl)ccc1Cl)N1CCCCC1. The predicted molar refractivity (Wildman–Crippen MR) is 85.9 cm³/mol. The number of likely N-dealkylation sites (tertiary alicyclic amines) is 1. The Morgan fingerprint density at radius 2 is 2.00 bits per heavy atom. The number of carbonyl (C=O) groups excluding carboxylic acids is 1. The van der Waals surface area contributed by atoms with Gasteiger partial charge in [-0.25, -0.2) is 0 Å². The molecule has 1 heterocycles. The second-order valence-electron chi connectivity index (χ2n) is 5.29. The van der Waals surface area contributed by atoms with Gasteiger partial charge in [-0.2, -0.15) is 0 Å². The summed E-state index contributed by atoms with van der Waals surface area (Å²) in [5.74, 6) is -0.191. The Bertz CT molecular complexity index is 487. The standard InChI is InChI=1S/C16H21Cl2NO2/c1-2-21-16(20)11-15(19-8-4-3-5-9-19)13-10-12(17)6-7-14(13)18/h6-7,10,15H,2-5,8-9,11H2,1H3. The van der Waals surface area contributed by atoms with Crippen LogP contribution in [0, 0.1) is 0 Å². The monoisotopic (exact) mass is 329 g/mol. The molecule has 1 aliphatic rings. The molecule has 5 heteroatoms. The number of nitrogens with zero attached hydrogens (tertiary/aromatic N) is 1. The lowest BCUT2D eigenvalue weighted by Crippen LogP contribution is -2.35. The quantitative estimate of drug-likeness (QED) is 0.746. The van der Waals surface area contributed by atoms with Crippen molar-refractivity contribution in [1.82, 2.24) is 4.90 Å². The Morgan fingerprint density at radius 3 is 2.67 bits per heavy atom. The van der Waals surface area contributed by atoms with Crippen LogP contribution in [-0.4, -0.2) is 30.6 Å². The van der Waals surface area contributed by atoms with Crippen molar-refractivity contribution in [2.24, 2.45) is 0 Å². The van der Waals surface area contributed by atoms with Gasteiger partial charge in [0.2, 0.25) is 0 Å². The highest BCUT2D eigenvalue weighted by molar-refractivity contribution is 6.33. The van der Waals surface area contributed by atoms with Gasteiger partial charge < -0.3 is 4.74 Å². The topological polar surface area (TPSA) is 29.5 Å². The summed E-state index contributed by atoms with van der Waals surface area (Å²) in [4.78, 5) is 14.3. The zero-order chi connectivity index (χ0) is 15.2. The second kappa shape index (κ2) is 8.02. The van der Waals surface area contributed by atoms with Gasteiger partial charge in [0.1, 0.15) is 0 Å². The van der Waals surface area contributed by atoms with Gasteiger partial charge in [0.25, 0.3) is 0 Å². The fourth-order valence-electron chi connectivity index (χ4n) is 2.81. The molecule has 1 aromatic rings. The van der Waals surface area contributed by atoms with Crippen molar-refractivity contribution in [3.05, 3.63) is 33.8 Å². The van der Waals surface area contributed by atoms with Crippen molar-refractivity contribution < 1.29 is 9.53 Å². The average molecular weight is 330 g/mol. The van der Waals surface area contributed by atoms with Crippen molar-refractivity contribution in [3.63, 3.8) is 0 Å². The van der Waals surface area contributed by atoms with Crippen LogP contribution in [0.3, 0.4) is 0 Å². The van der Waals surface area contributed by atoms with Crippen molar-refractivity contribution in [1.29, 1.82) is 0 Å². The first-order valence-electron chi connectivity index (χ1n) is 7.46. The van der Waals surface area contributed by atoms with Crippen LogP contribution in [0.5, 0.6) is 0 Å². The van der Waals surface area contributed by atoms with E-state index in [0.29, 0.717) is 23.1 Å². The number of hydrogen-bond donors (Lipinski definition) is 0. The van der Waals surface area contributed by atoms with Gasteiger partial charge in [0.15, 0.2) is 0 Å². The van der Waals surface area contributed by atoms with Crippen LogP contribution in [0.2, 0.25) is 10.0 Å². The summed E-state index contributed by atoms with van der Waals surface area (Å²) in [5, 5.41) is 1.29. The van der Waals surface area contributed by atoms with Gasteiger partial charge in [-0.1, -0.05) is 29.6 Å². The molecule has 2 rings (SSSR count). The van der Waals surface area contributed by atoms with E-state index in [0.717, 1.165) is 31.5 Å². The molecular formula is C16H21Cl2NO2. The van der Waals surface area contributed by atoms with Gasteiger partial charge in [-0.05, 0) is 56.6 Å². The van der Waals surface area contributed by atoms with Gasteiger partial charge in [0.05, 0.1) is 13.0 Å². The molecule has 3 nitrogen and oxygen atoms in total. The van der Waals surface area contributed by atoms with E-state index in [1.54, 1.807) is 12.1 Å². The van der Waals surface area contributed by atoms with Crippen LogP contribution < -0.4 is 0 Å². The first kappa shape index (κ1) is 16.6. The highest BCUT2D eigenvalue weighted by atomic mass is 35.5. The van der Waals surface area contributed by atoms with Gasteiger partial charge >= 0.3 is 5.97 Å². The Balaban J connectivity index is 2.25. The van der Waals surface area contributed by atoms with Crippen molar-refractivity contribution in [3.8, 4) is 0 Å². The molecule has 0 bridgehead atoms. The zero-order valence-electron chi connectivity index (χ0n) is 12.3. The molecule has 0 saturated carbocycles. The second-order valence-corrected chi connectivity index (χ2v) is 6.13. The molecule has 1 saturated heterocycles. The first-order valence-corrected chi connectivity index (χ1v) is 8.22. The molecule has 1 fully saturated rings. The van der Waals surface area contributed by atoms with E-state index in [2.05, 4.69) is 4.90 Å². The summed E-state index contributed by atoms with van der Waals surface area (Å²) in [6.45, 7) is 4.18. The minimum atomic E-state index is -0.191. The highest BCUT2D eigenvalue weighted by Crippen LogP contribution is 2.34. The number of piperidine rings is 1. The molecule has 116 valence electrons. The zero-order valence-corrected chi connectivity index (χ0v) is 13.8. The van der Waals surface area contributed by atoms with Gasteiger partial charge in [0, 0.05) is 16.1 Å². The van der Waals surface area contributed by atoms with E-state index in [9.17, 15) is 4.79 Å². The van der Waals surface area contributed by atoms with E-state index in [1.807, 2.05) is 13.0 Å². The summed E-state index contributed by atoms with van der Waals surface area (Å²) >= 11 is 12.4. The Kier molecular flexibility index (Phi) is 6.34. The van der Waals surface area contributed by atoms with Gasteiger partial charge in [-0.15, -0.1) is 0 Å². The smallest absolute Gasteiger partial charge is 0.307 e. The van der Waals surface area contributed by atoms with Crippen molar-refractivity contribution in [2.75, 3.05) is 19.7 Å². The Hall–Kier alpha value is -0.770. The molecule has 0 aromatic heterocycles. The highest BCUT2D eigenvalue weighted by Gasteiger charge is 2.27. The Morgan fingerprint density at radius 1 is 1.29 bits per heavy atom. The molecule has 0 spiro atoms. The van der Waals surface area contributed by atoms with Crippen LogP contribution >= 0.6 is 23.2 Å². The molecule has 1 atom stereocenters. The fraction of sp³-hybridized carbons (Fsp3) is 0.562. The molecular weight excluding hydrogens is 309 g/mol. The number of halogens is 2. The summed E-state index contributed by atoms with van der Waals surface area (Å²) in [6.07, 6.45) is 3.86. The van der Waals surface area contributed by atoms with Gasteiger partial charge in [-0.3, -0.25) is 9.69 Å². The number of esters is 1. The minimum Gasteiger partial charge on any atom is -0.466 e. The predicted octanol–water partition coefficient (Wildman–Crippen LogP) is 4.47. The number of rotatable bonds is 5. The molecule has 0 N–H and O–H groups in total. The number of ether oxygens (including phenoxy) is 1. The average Bonchev–Trinajstić information content (AvgIpc) is 2.49. The van der Waals surface area contributed by atoms with E-state index in [4.69, 9.17) is 27.9 Å².